The molecule has 0 spiro atoms. The van der Waals surface area contributed by atoms with Gasteiger partial charge in [0.05, 0.1) is 6.04 Å². The fraction of sp³-hybridized carbons (Fsp3) is 0.471. The lowest BCUT2D eigenvalue weighted by Gasteiger charge is -2.30. The number of carbonyl (C=O) groups is 3. The standard InChI is InChI=1S/C15H24N2O2.C2H2O4/c1-15(2,3)19-14(18)17(4)13(11-16)10-12-8-6-5-7-9-12;3-1(4)2(5)6/h5-9,13H,10-11,16H2,1-4H3;(H,3,4)(H,5,6). The summed E-state index contributed by atoms with van der Waals surface area (Å²) in [5.74, 6) is -3.65. The molecule has 0 aliphatic rings. The number of hydrogen-bond acceptors (Lipinski definition) is 5. The van der Waals surface area contributed by atoms with E-state index in [4.69, 9.17) is 30.3 Å². The number of carboxylic acid groups (broad SMARTS) is 2. The molecule has 1 amide bonds. The molecule has 1 aromatic carbocycles. The molecule has 8 heteroatoms. The van der Waals surface area contributed by atoms with E-state index in [1.807, 2.05) is 51.1 Å². The Hall–Kier alpha value is -2.61. The summed E-state index contributed by atoms with van der Waals surface area (Å²) in [7, 11) is 1.73. The minimum atomic E-state index is -1.82. The topological polar surface area (TPSA) is 130 Å². The van der Waals surface area contributed by atoms with Crippen LogP contribution in [0, 0.1) is 0 Å². The summed E-state index contributed by atoms with van der Waals surface area (Å²) in [5, 5.41) is 14.8. The maximum atomic E-state index is 12.0. The SMILES string of the molecule is CN(C(=O)OC(C)(C)C)C(CN)Cc1ccccc1.O=C(O)C(=O)O. The van der Waals surface area contributed by atoms with Crippen LogP contribution >= 0.6 is 0 Å². The number of carbonyl (C=O) groups excluding carboxylic acids is 1. The van der Waals surface area contributed by atoms with E-state index in [2.05, 4.69) is 0 Å². The van der Waals surface area contributed by atoms with Gasteiger partial charge < -0.3 is 25.6 Å². The van der Waals surface area contributed by atoms with Crippen LogP contribution in [0.1, 0.15) is 26.3 Å². The Bertz CT molecular complexity index is 556. The van der Waals surface area contributed by atoms with Crippen LogP contribution in [0.3, 0.4) is 0 Å². The van der Waals surface area contributed by atoms with E-state index in [0.717, 1.165) is 12.0 Å². The van der Waals surface area contributed by atoms with Crippen molar-refractivity contribution in [2.45, 2.75) is 38.8 Å². The molecule has 0 fully saturated rings. The summed E-state index contributed by atoms with van der Waals surface area (Å²) >= 11 is 0. The number of amides is 1. The maximum absolute atomic E-state index is 12.0. The molecule has 140 valence electrons. The molecule has 1 aromatic rings. The Morgan fingerprint density at radius 1 is 1.12 bits per heavy atom. The average Bonchev–Trinajstić information content (AvgIpc) is 2.51. The number of aliphatic carboxylic acids is 2. The number of rotatable bonds is 4. The fourth-order valence-electron chi connectivity index (χ4n) is 1.75. The molecule has 0 aliphatic carbocycles. The summed E-state index contributed by atoms with van der Waals surface area (Å²) in [6, 6.07) is 9.94. The van der Waals surface area contributed by atoms with Crippen LogP contribution in [-0.2, 0) is 20.7 Å². The molecule has 4 N–H and O–H groups in total. The van der Waals surface area contributed by atoms with Gasteiger partial charge in [0.25, 0.3) is 0 Å². The Morgan fingerprint density at radius 3 is 1.96 bits per heavy atom. The van der Waals surface area contributed by atoms with Gasteiger partial charge in [0.2, 0.25) is 0 Å². The molecule has 0 heterocycles. The van der Waals surface area contributed by atoms with Crippen LogP contribution in [0.4, 0.5) is 4.79 Å². The first-order valence-corrected chi connectivity index (χ1v) is 7.64. The number of likely N-dealkylation sites (N-methyl/N-ethyl adjacent to an activating group) is 1. The predicted octanol–water partition coefficient (Wildman–Crippen LogP) is 1.58. The van der Waals surface area contributed by atoms with Gasteiger partial charge >= 0.3 is 18.0 Å². The fourth-order valence-corrected chi connectivity index (χ4v) is 1.75. The van der Waals surface area contributed by atoms with Crippen molar-refractivity contribution in [2.24, 2.45) is 5.73 Å². The molecule has 0 radical (unpaired) electrons. The van der Waals surface area contributed by atoms with Crippen molar-refractivity contribution in [1.82, 2.24) is 4.90 Å². The number of nitrogens with two attached hydrogens (primary N) is 1. The van der Waals surface area contributed by atoms with Crippen LogP contribution in [0.5, 0.6) is 0 Å². The molecular formula is C17H26N2O6. The molecule has 1 atom stereocenters. The van der Waals surface area contributed by atoms with Crippen molar-refractivity contribution < 1.29 is 29.3 Å². The van der Waals surface area contributed by atoms with Crippen LogP contribution in [-0.4, -0.2) is 58.4 Å². The summed E-state index contributed by atoms with van der Waals surface area (Å²) in [5.41, 5.74) is 6.45. The largest absolute Gasteiger partial charge is 0.473 e. The highest BCUT2D eigenvalue weighted by atomic mass is 16.6. The second-order valence-corrected chi connectivity index (χ2v) is 6.28. The van der Waals surface area contributed by atoms with Crippen molar-refractivity contribution in [1.29, 1.82) is 0 Å². The van der Waals surface area contributed by atoms with E-state index in [-0.39, 0.29) is 12.1 Å². The zero-order chi connectivity index (χ0) is 19.6. The van der Waals surface area contributed by atoms with Crippen LogP contribution < -0.4 is 5.73 Å². The minimum absolute atomic E-state index is 0.0581. The van der Waals surface area contributed by atoms with Gasteiger partial charge in [-0.2, -0.15) is 0 Å². The molecule has 25 heavy (non-hydrogen) atoms. The number of ether oxygens (including phenoxy) is 1. The first-order valence-electron chi connectivity index (χ1n) is 7.64. The van der Waals surface area contributed by atoms with Crippen LogP contribution in [0.25, 0.3) is 0 Å². The van der Waals surface area contributed by atoms with Crippen molar-refractivity contribution in [2.75, 3.05) is 13.6 Å². The van der Waals surface area contributed by atoms with E-state index >= 15 is 0 Å². The first kappa shape index (κ1) is 22.4. The van der Waals surface area contributed by atoms with Crippen LogP contribution in [0.15, 0.2) is 30.3 Å². The highest BCUT2D eigenvalue weighted by molar-refractivity contribution is 6.27. The molecule has 0 bridgehead atoms. The minimum Gasteiger partial charge on any atom is -0.473 e. The summed E-state index contributed by atoms with van der Waals surface area (Å²) < 4.78 is 5.35. The highest BCUT2D eigenvalue weighted by Gasteiger charge is 2.24. The molecule has 1 unspecified atom stereocenters. The van der Waals surface area contributed by atoms with Gasteiger partial charge in [-0.05, 0) is 32.8 Å². The maximum Gasteiger partial charge on any atom is 0.414 e. The Balaban J connectivity index is 0.000000823. The van der Waals surface area contributed by atoms with Crippen LogP contribution in [0.2, 0.25) is 0 Å². The Morgan fingerprint density at radius 2 is 1.60 bits per heavy atom. The second kappa shape index (κ2) is 10.3. The molecule has 0 aromatic heterocycles. The Labute approximate surface area is 147 Å². The predicted molar refractivity (Wildman–Crippen MR) is 92.3 cm³/mol. The van der Waals surface area contributed by atoms with Gasteiger partial charge in [0.1, 0.15) is 5.60 Å². The molecular weight excluding hydrogens is 328 g/mol. The van der Waals surface area contributed by atoms with Gasteiger partial charge in [-0.1, -0.05) is 30.3 Å². The first-order chi connectivity index (χ1) is 11.5. The van der Waals surface area contributed by atoms with Gasteiger partial charge in [0.15, 0.2) is 0 Å². The summed E-state index contributed by atoms with van der Waals surface area (Å²) in [4.78, 5) is 31.8. The summed E-state index contributed by atoms with van der Waals surface area (Å²) in [6.45, 7) is 5.97. The van der Waals surface area contributed by atoms with Gasteiger partial charge in [0, 0.05) is 13.6 Å². The van der Waals surface area contributed by atoms with Crippen molar-refractivity contribution >= 4 is 18.0 Å². The quantitative estimate of drug-likeness (QED) is 0.700. The van der Waals surface area contributed by atoms with Gasteiger partial charge in [-0.15, -0.1) is 0 Å². The number of carboxylic acids is 2. The normalized spacial score (nSPS) is 11.6. The third-order valence-electron chi connectivity index (χ3n) is 3.00. The highest BCUT2D eigenvalue weighted by Crippen LogP contribution is 2.13. The molecule has 0 saturated heterocycles. The van der Waals surface area contributed by atoms with E-state index < -0.39 is 17.5 Å². The van der Waals surface area contributed by atoms with E-state index in [1.54, 1.807) is 11.9 Å². The number of hydrogen-bond donors (Lipinski definition) is 3. The molecule has 0 aliphatic heterocycles. The van der Waals surface area contributed by atoms with Crippen molar-refractivity contribution in [3.63, 3.8) is 0 Å². The molecule has 1 rings (SSSR count). The van der Waals surface area contributed by atoms with E-state index in [1.165, 1.54) is 0 Å². The van der Waals surface area contributed by atoms with E-state index in [0.29, 0.717) is 6.54 Å². The van der Waals surface area contributed by atoms with Crippen molar-refractivity contribution in [3.05, 3.63) is 35.9 Å². The third-order valence-corrected chi connectivity index (χ3v) is 3.00. The van der Waals surface area contributed by atoms with Gasteiger partial charge in [-0.25, -0.2) is 14.4 Å². The zero-order valence-electron chi connectivity index (χ0n) is 14.9. The second-order valence-electron chi connectivity index (χ2n) is 6.28. The van der Waals surface area contributed by atoms with Crippen molar-refractivity contribution in [3.8, 4) is 0 Å². The zero-order valence-corrected chi connectivity index (χ0v) is 14.9. The smallest absolute Gasteiger partial charge is 0.414 e. The number of benzene rings is 1. The summed E-state index contributed by atoms with van der Waals surface area (Å²) in [6.07, 6.45) is 0.395. The lowest BCUT2D eigenvalue weighted by atomic mass is 10.1. The lowest BCUT2D eigenvalue weighted by Crippen LogP contribution is -2.45. The lowest BCUT2D eigenvalue weighted by molar-refractivity contribution is -0.159. The monoisotopic (exact) mass is 354 g/mol. The number of nitrogens with zero attached hydrogens (tertiary/aromatic N) is 1. The molecule has 8 nitrogen and oxygen atoms in total. The third kappa shape index (κ3) is 9.98. The molecule has 0 saturated carbocycles. The Kier molecular flexibility index (Phi) is 9.22. The van der Waals surface area contributed by atoms with E-state index in [9.17, 15) is 4.79 Å². The average molecular weight is 354 g/mol. The van der Waals surface area contributed by atoms with Gasteiger partial charge in [-0.3, -0.25) is 0 Å².